The monoisotopic (exact) mass is 608 g/mol. The quantitative estimate of drug-likeness (QED) is 0.336. The van der Waals surface area contributed by atoms with Crippen LogP contribution in [0.25, 0.3) is 11.1 Å². The first-order valence-electron chi connectivity index (χ1n) is 14.9. The Kier molecular flexibility index (Phi) is 9.65. The zero-order chi connectivity index (χ0) is 30.5. The minimum absolute atomic E-state index is 0.0252. The number of Topliss-reactive ketones (excluding diaryl/α,β-unsaturated/α-hetero) is 1. The first-order chi connectivity index (χ1) is 20.7. The van der Waals surface area contributed by atoms with Crippen molar-refractivity contribution >= 4 is 41.0 Å². The molecule has 2 aliphatic heterocycles. The molecule has 3 fully saturated rings. The summed E-state index contributed by atoms with van der Waals surface area (Å²) in [6.07, 6.45) is 3.21. The van der Waals surface area contributed by atoms with Crippen molar-refractivity contribution in [2.75, 3.05) is 26.2 Å². The number of fused-ring (bicyclic) bond motifs is 1. The molecule has 2 heterocycles. The molecule has 0 unspecified atom stereocenters. The third-order valence-electron chi connectivity index (χ3n) is 8.75. The topological polar surface area (TPSA) is 134 Å². The lowest BCUT2D eigenvalue weighted by Gasteiger charge is -2.29. The number of rotatable bonds is 11. The SMILES string of the molecule is CCNC(=O)C(=O)[C@H](C[C@@H]1CCNC1=O)NC(=O)[C@@H]1[C@H]2CCC[C@H]2CN1C(=O)COc1ccc(-c2ccc(Cl)cc2)cc1. The molecule has 11 heteroatoms. The van der Waals surface area contributed by atoms with Gasteiger partial charge in [-0.05, 0) is 79.8 Å². The summed E-state index contributed by atoms with van der Waals surface area (Å²) in [7, 11) is 0. The van der Waals surface area contributed by atoms with E-state index < -0.39 is 35.6 Å². The summed E-state index contributed by atoms with van der Waals surface area (Å²) in [5, 5.41) is 8.65. The minimum atomic E-state index is -1.17. The molecular formula is C32H37ClN4O6. The number of ketones is 1. The molecule has 0 aromatic heterocycles. The van der Waals surface area contributed by atoms with E-state index in [4.69, 9.17) is 16.3 Å². The van der Waals surface area contributed by atoms with Gasteiger partial charge in [0.1, 0.15) is 11.8 Å². The number of carbonyl (C=O) groups is 5. The highest BCUT2D eigenvalue weighted by atomic mass is 35.5. The Bertz CT molecular complexity index is 1360. The molecule has 2 saturated heterocycles. The third-order valence-corrected chi connectivity index (χ3v) is 9.00. The highest BCUT2D eigenvalue weighted by molar-refractivity contribution is 6.38. The number of likely N-dealkylation sites (tertiary alicyclic amines) is 1. The first-order valence-corrected chi connectivity index (χ1v) is 15.3. The predicted molar refractivity (Wildman–Crippen MR) is 160 cm³/mol. The maximum absolute atomic E-state index is 13.8. The largest absolute Gasteiger partial charge is 0.484 e. The molecule has 1 saturated carbocycles. The second kappa shape index (κ2) is 13.6. The predicted octanol–water partition coefficient (Wildman–Crippen LogP) is 2.73. The number of ether oxygens (including phenoxy) is 1. The average molecular weight is 609 g/mol. The third kappa shape index (κ3) is 7.01. The lowest BCUT2D eigenvalue weighted by molar-refractivity contribution is -0.143. The number of hydrogen-bond acceptors (Lipinski definition) is 6. The zero-order valence-electron chi connectivity index (χ0n) is 24.1. The summed E-state index contributed by atoms with van der Waals surface area (Å²) >= 11 is 5.99. The van der Waals surface area contributed by atoms with E-state index in [9.17, 15) is 24.0 Å². The van der Waals surface area contributed by atoms with E-state index in [0.717, 1.165) is 30.4 Å². The summed E-state index contributed by atoms with van der Waals surface area (Å²) < 4.78 is 5.82. The summed E-state index contributed by atoms with van der Waals surface area (Å²) in [5.74, 6) is -2.42. The van der Waals surface area contributed by atoms with Crippen molar-refractivity contribution in [1.82, 2.24) is 20.9 Å². The molecule has 10 nitrogen and oxygen atoms in total. The van der Waals surface area contributed by atoms with Crippen LogP contribution in [0.5, 0.6) is 5.75 Å². The highest BCUT2D eigenvalue weighted by Crippen LogP contribution is 2.42. The number of amides is 4. The number of carbonyl (C=O) groups excluding carboxylic acids is 5. The van der Waals surface area contributed by atoms with Gasteiger partial charge in [0.15, 0.2) is 6.61 Å². The second-order valence-corrected chi connectivity index (χ2v) is 11.9. The van der Waals surface area contributed by atoms with E-state index in [0.29, 0.717) is 30.3 Å². The lowest BCUT2D eigenvalue weighted by atomic mass is 9.91. The van der Waals surface area contributed by atoms with Crippen molar-refractivity contribution in [2.24, 2.45) is 17.8 Å². The highest BCUT2D eigenvalue weighted by Gasteiger charge is 2.50. The fourth-order valence-corrected chi connectivity index (χ4v) is 6.69. The Morgan fingerprint density at radius 3 is 2.37 bits per heavy atom. The second-order valence-electron chi connectivity index (χ2n) is 11.5. The zero-order valence-corrected chi connectivity index (χ0v) is 24.9. The number of halogens is 1. The van der Waals surface area contributed by atoms with Gasteiger partial charge in [0.2, 0.25) is 17.6 Å². The van der Waals surface area contributed by atoms with Crippen molar-refractivity contribution in [3.8, 4) is 16.9 Å². The van der Waals surface area contributed by atoms with Crippen molar-refractivity contribution in [3.63, 3.8) is 0 Å². The van der Waals surface area contributed by atoms with Crippen LogP contribution in [-0.2, 0) is 24.0 Å². The van der Waals surface area contributed by atoms with Gasteiger partial charge in [0.25, 0.3) is 11.8 Å². The first kappa shape index (κ1) is 30.5. The molecule has 2 aromatic carbocycles. The smallest absolute Gasteiger partial charge is 0.289 e. The molecule has 5 atom stereocenters. The van der Waals surface area contributed by atoms with Gasteiger partial charge in [-0.15, -0.1) is 0 Å². The summed E-state index contributed by atoms with van der Waals surface area (Å²) in [6.45, 7) is 2.63. The summed E-state index contributed by atoms with van der Waals surface area (Å²) in [5.41, 5.74) is 1.98. The molecule has 3 aliphatic rings. The molecule has 5 rings (SSSR count). The fraction of sp³-hybridized carbons (Fsp3) is 0.469. The van der Waals surface area contributed by atoms with Crippen molar-refractivity contribution in [1.29, 1.82) is 0 Å². The normalized spacial score (nSPS) is 23.3. The Hall–Kier alpha value is -3.92. The van der Waals surface area contributed by atoms with Gasteiger partial charge in [-0.1, -0.05) is 42.3 Å². The lowest BCUT2D eigenvalue weighted by Crippen LogP contribution is -2.55. The number of nitrogens with zero attached hydrogens (tertiary/aromatic N) is 1. The van der Waals surface area contributed by atoms with Crippen LogP contribution < -0.4 is 20.7 Å². The van der Waals surface area contributed by atoms with Crippen molar-refractivity contribution in [3.05, 3.63) is 53.6 Å². The van der Waals surface area contributed by atoms with Crippen LogP contribution in [0.4, 0.5) is 0 Å². The van der Waals surface area contributed by atoms with Crippen LogP contribution in [0.1, 0.15) is 39.0 Å². The molecule has 228 valence electrons. The van der Waals surface area contributed by atoms with Gasteiger partial charge in [0.05, 0.1) is 6.04 Å². The number of benzene rings is 2. The van der Waals surface area contributed by atoms with Crippen LogP contribution in [0.15, 0.2) is 48.5 Å². The Balaban J connectivity index is 1.26. The Labute approximate surface area is 255 Å². The maximum atomic E-state index is 13.8. The molecule has 2 aromatic rings. The summed E-state index contributed by atoms with van der Waals surface area (Å²) in [4.78, 5) is 66.5. The average Bonchev–Trinajstić information content (AvgIpc) is 3.72. The van der Waals surface area contributed by atoms with Gasteiger partial charge in [0, 0.05) is 30.6 Å². The van der Waals surface area contributed by atoms with Crippen molar-refractivity contribution < 1.29 is 28.7 Å². The Morgan fingerprint density at radius 1 is 1.02 bits per heavy atom. The molecule has 0 spiro atoms. The number of nitrogens with one attached hydrogen (secondary N) is 3. The molecule has 43 heavy (non-hydrogen) atoms. The minimum Gasteiger partial charge on any atom is -0.484 e. The van der Waals surface area contributed by atoms with Crippen LogP contribution in [0, 0.1) is 17.8 Å². The van der Waals surface area contributed by atoms with Crippen LogP contribution in [-0.4, -0.2) is 72.6 Å². The van der Waals surface area contributed by atoms with E-state index in [1.54, 1.807) is 24.0 Å². The van der Waals surface area contributed by atoms with Gasteiger partial charge in [-0.2, -0.15) is 0 Å². The van der Waals surface area contributed by atoms with E-state index >= 15 is 0 Å². The van der Waals surface area contributed by atoms with E-state index in [1.165, 1.54) is 0 Å². The molecular weight excluding hydrogens is 572 g/mol. The molecule has 4 amide bonds. The molecule has 0 bridgehead atoms. The number of hydrogen-bond donors (Lipinski definition) is 3. The fourth-order valence-electron chi connectivity index (χ4n) is 6.56. The molecule has 0 radical (unpaired) electrons. The van der Waals surface area contributed by atoms with Crippen molar-refractivity contribution in [2.45, 2.75) is 51.1 Å². The van der Waals surface area contributed by atoms with Crippen LogP contribution >= 0.6 is 11.6 Å². The van der Waals surface area contributed by atoms with E-state index in [1.807, 2.05) is 36.4 Å². The van der Waals surface area contributed by atoms with Gasteiger partial charge < -0.3 is 25.6 Å². The van der Waals surface area contributed by atoms with E-state index in [-0.39, 0.29) is 43.2 Å². The van der Waals surface area contributed by atoms with E-state index in [2.05, 4.69) is 16.0 Å². The maximum Gasteiger partial charge on any atom is 0.289 e. The van der Waals surface area contributed by atoms with Gasteiger partial charge in [-0.25, -0.2) is 0 Å². The molecule has 1 aliphatic carbocycles. The van der Waals surface area contributed by atoms with Crippen LogP contribution in [0.2, 0.25) is 5.02 Å². The summed E-state index contributed by atoms with van der Waals surface area (Å²) in [6, 6.07) is 12.9. The standard InChI is InChI=1S/C32H37ClN4O6/c1-2-34-32(42)29(39)26(16-21-14-15-35-30(21)40)36-31(41)28-25-5-3-4-22(25)17-37(28)27(38)18-43-24-12-8-20(9-13-24)19-6-10-23(33)11-7-19/h6-13,21-22,25-26,28H,2-5,14-18H2,1H3,(H,34,42)(H,35,40)(H,36,41)/t21-,22-,25-,26-,28-/m0/s1. The van der Waals surface area contributed by atoms with Gasteiger partial charge >= 0.3 is 0 Å². The Morgan fingerprint density at radius 2 is 1.72 bits per heavy atom. The number of likely N-dealkylation sites (N-methyl/N-ethyl adjacent to an activating group) is 1. The van der Waals surface area contributed by atoms with Crippen LogP contribution in [0.3, 0.4) is 0 Å². The molecule has 3 N–H and O–H groups in total. The van der Waals surface area contributed by atoms with Gasteiger partial charge in [-0.3, -0.25) is 24.0 Å².